The van der Waals surface area contributed by atoms with Gasteiger partial charge in [0, 0.05) is 45.7 Å². The number of pyridine rings is 1. The number of rotatable bonds is 2. The van der Waals surface area contributed by atoms with Gasteiger partial charge in [0.1, 0.15) is 0 Å². The Kier molecular flexibility index (Phi) is 4.07. The number of aromatic nitrogens is 1. The molecule has 0 N–H and O–H groups in total. The first-order valence-electron chi connectivity index (χ1n) is 8.17. The van der Waals surface area contributed by atoms with Crippen molar-refractivity contribution in [2.24, 2.45) is 0 Å². The Morgan fingerprint density at radius 1 is 1.12 bits per heavy atom. The topological polar surface area (TPSA) is 16.1 Å². The van der Waals surface area contributed by atoms with Gasteiger partial charge in [-0.2, -0.15) is 0 Å². The SMILES string of the molecule is Br.C1=CC2(c3ccc(-c4csc5ccccc45)nc3)CCN(C1)C2. The fraction of sp³-hybridized carbons (Fsp3) is 0.250. The maximum absolute atomic E-state index is 4.81. The summed E-state index contributed by atoms with van der Waals surface area (Å²) in [5.74, 6) is 0. The van der Waals surface area contributed by atoms with E-state index in [4.69, 9.17) is 4.98 Å². The standard InChI is InChI=1S/C20H18N2S.BrH/c1-2-5-19-16(4-1)17(13-23-19)18-7-6-15(12-21-18)20-8-3-10-22(14-20)11-9-20;/h1-8,12-13H,9-11,14H2;1H. The number of halogens is 1. The van der Waals surface area contributed by atoms with E-state index in [9.17, 15) is 0 Å². The normalized spacial score (nSPS) is 24.9. The number of fused-ring (bicyclic) bond motifs is 3. The third-order valence-corrected chi connectivity index (χ3v) is 6.24. The summed E-state index contributed by atoms with van der Waals surface area (Å²) >= 11 is 1.79. The summed E-state index contributed by atoms with van der Waals surface area (Å²) in [6, 6.07) is 13.0. The second-order valence-corrected chi connectivity index (χ2v) is 7.53. The minimum atomic E-state index is 0. The number of thiophene rings is 1. The highest BCUT2D eigenvalue weighted by molar-refractivity contribution is 8.93. The van der Waals surface area contributed by atoms with Crippen molar-refractivity contribution in [3.8, 4) is 11.3 Å². The van der Waals surface area contributed by atoms with Crippen LogP contribution in [0.1, 0.15) is 12.0 Å². The number of benzene rings is 1. The van der Waals surface area contributed by atoms with Crippen LogP contribution in [0, 0.1) is 0 Å². The Balaban J connectivity index is 0.00000146. The smallest absolute Gasteiger partial charge is 0.0716 e. The molecule has 0 saturated carbocycles. The average molecular weight is 399 g/mol. The molecular formula is C20H19BrN2S. The Bertz CT molecular complexity index is 899. The van der Waals surface area contributed by atoms with Crippen LogP contribution in [0.2, 0.25) is 0 Å². The molecule has 2 aromatic heterocycles. The third kappa shape index (κ3) is 2.44. The predicted molar refractivity (Wildman–Crippen MR) is 107 cm³/mol. The summed E-state index contributed by atoms with van der Waals surface area (Å²) in [5.41, 5.74) is 3.89. The summed E-state index contributed by atoms with van der Waals surface area (Å²) in [4.78, 5) is 7.34. The van der Waals surface area contributed by atoms with Crippen molar-refractivity contribution in [1.82, 2.24) is 9.88 Å². The number of nitrogens with zero attached hydrogens (tertiary/aromatic N) is 2. The maximum Gasteiger partial charge on any atom is 0.0716 e. The van der Waals surface area contributed by atoms with Crippen LogP contribution in [0.15, 0.2) is 60.1 Å². The first-order valence-corrected chi connectivity index (χ1v) is 9.05. The predicted octanol–water partition coefficient (Wildman–Crippen LogP) is 5.05. The number of hydrogen-bond acceptors (Lipinski definition) is 3. The zero-order valence-electron chi connectivity index (χ0n) is 13.3. The summed E-state index contributed by atoms with van der Waals surface area (Å²) in [6.07, 6.45) is 8.04. The first-order chi connectivity index (χ1) is 11.3. The Labute approximate surface area is 156 Å². The monoisotopic (exact) mass is 398 g/mol. The van der Waals surface area contributed by atoms with Crippen molar-refractivity contribution in [2.45, 2.75) is 11.8 Å². The van der Waals surface area contributed by atoms with Crippen molar-refractivity contribution in [2.75, 3.05) is 19.6 Å². The van der Waals surface area contributed by atoms with Crippen LogP contribution >= 0.6 is 28.3 Å². The Morgan fingerprint density at radius 2 is 2.04 bits per heavy atom. The minimum absolute atomic E-state index is 0. The molecule has 3 aromatic rings. The van der Waals surface area contributed by atoms with Gasteiger partial charge >= 0.3 is 0 Å². The van der Waals surface area contributed by atoms with Gasteiger partial charge in [0.25, 0.3) is 0 Å². The second kappa shape index (κ2) is 6.10. The van der Waals surface area contributed by atoms with Gasteiger partial charge in [-0.15, -0.1) is 28.3 Å². The summed E-state index contributed by atoms with van der Waals surface area (Å²) in [5, 5.41) is 3.53. The Hall–Kier alpha value is -1.49. The Morgan fingerprint density at radius 3 is 2.92 bits per heavy atom. The van der Waals surface area contributed by atoms with Gasteiger partial charge < -0.3 is 0 Å². The van der Waals surface area contributed by atoms with Gasteiger partial charge in [-0.05, 0) is 30.7 Å². The van der Waals surface area contributed by atoms with E-state index >= 15 is 0 Å². The molecule has 0 radical (unpaired) electrons. The van der Waals surface area contributed by atoms with Crippen LogP contribution in [-0.2, 0) is 5.41 Å². The molecule has 2 atom stereocenters. The minimum Gasteiger partial charge on any atom is -0.298 e. The van der Waals surface area contributed by atoms with Crippen LogP contribution < -0.4 is 0 Å². The molecule has 2 bridgehead atoms. The molecule has 24 heavy (non-hydrogen) atoms. The van der Waals surface area contributed by atoms with Crippen LogP contribution in [0.4, 0.5) is 0 Å². The molecule has 2 aliphatic heterocycles. The molecule has 1 saturated heterocycles. The average Bonchev–Trinajstić information content (AvgIpc) is 3.17. The summed E-state index contributed by atoms with van der Waals surface area (Å²) in [6.45, 7) is 3.45. The van der Waals surface area contributed by atoms with Gasteiger partial charge in [-0.1, -0.05) is 36.4 Å². The fourth-order valence-electron chi connectivity index (χ4n) is 3.99. The largest absolute Gasteiger partial charge is 0.298 e. The molecule has 1 fully saturated rings. The van der Waals surface area contributed by atoms with E-state index < -0.39 is 0 Å². The van der Waals surface area contributed by atoms with Crippen LogP contribution in [-0.4, -0.2) is 29.5 Å². The van der Waals surface area contributed by atoms with E-state index in [0.29, 0.717) is 0 Å². The highest BCUT2D eigenvalue weighted by Crippen LogP contribution is 2.39. The molecule has 2 aliphatic rings. The zero-order chi connectivity index (χ0) is 15.3. The molecule has 5 rings (SSSR count). The van der Waals surface area contributed by atoms with E-state index in [1.807, 2.05) is 0 Å². The van der Waals surface area contributed by atoms with Crippen molar-refractivity contribution in [1.29, 1.82) is 0 Å². The quantitative estimate of drug-likeness (QED) is 0.561. The molecule has 0 amide bonds. The third-order valence-electron chi connectivity index (χ3n) is 5.28. The van der Waals surface area contributed by atoms with E-state index in [-0.39, 0.29) is 22.4 Å². The maximum atomic E-state index is 4.81. The molecule has 1 aromatic carbocycles. The van der Waals surface area contributed by atoms with Gasteiger partial charge in [0.2, 0.25) is 0 Å². The van der Waals surface area contributed by atoms with Crippen LogP contribution in [0.3, 0.4) is 0 Å². The van der Waals surface area contributed by atoms with Gasteiger partial charge in [0.15, 0.2) is 0 Å². The van der Waals surface area contributed by atoms with Gasteiger partial charge in [0.05, 0.1) is 5.69 Å². The van der Waals surface area contributed by atoms with Crippen molar-refractivity contribution in [3.05, 3.63) is 65.7 Å². The molecule has 122 valence electrons. The lowest BCUT2D eigenvalue weighted by Gasteiger charge is -2.29. The molecule has 2 unspecified atom stereocenters. The fourth-order valence-corrected chi connectivity index (χ4v) is 4.94. The lowest BCUT2D eigenvalue weighted by atomic mass is 9.79. The summed E-state index contributed by atoms with van der Waals surface area (Å²) in [7, 11) is 0. The van der Waals surface area contributed by atoms with Gasteiger partial charge in [-0.3, -0.25) is 9.88 Å². The van der Waals surface area contributed by atoms with Crippen LogP contribution in [0.5, 0.6) is 0 Å². The molecule has 4 heteroatoms. The lowest BCUT2D eigenvalue weighted by Crippen LogP contribution is -2.33. The van der Waals surface area contributed by atoms with Crippen LogP contribution in [0.25, 0.3) is 21.3 Å². The number of hydrogen-bond donors (Lipinski definition) is 0. The first kappa shape index (κ1) is 16.0. The van der Waals surface area contributed by atoms with Crippen molar-refractivity contribution in [3.63, 3.8) is 0 Å². The van der Waals surface area contributed by atoms with E-state index in [2.05, 4.69) is 65.0 Å². The lowest BCUT2D eigenvalue weighted by molar-refractivity contribution is 0.345. The van der Waals surface area contributed by atoms with Gasteiger partial charge in [-0.25, -0.2) is 0 Å². The highest BCUT2D eigenvalue weighted by atomic mass is 79.9. The zero-order valence-corrected chi connectivity index (χ0v) is 15.8. The second-order valence-electron chi connectivity index (χ2n) is 6.62. The van der Waals surface area contributed by atoms with Crippen molar-refractivity contribution < 1.29 is 0 Å². The van der Waals surface area contributed by atoms with E-state index in [1.165, 1.54) is 34.2 Å². The van der Waals surface area contributed by atoms with Crippen molar-refractivity contribution >= 4 is 38.4 Å². The molecule has 2 nitrogen and oxygen atoms in total. The highest BCUT2D eigenvalue weighted by Gasteiger charge is 2.39. The molecular weight excluding hydrogens is 380 g/mol. The molecule has 0 aliphatic carbocycles. The van der Waals surface area contributed by atoms with E-state index in [1.54, 1.807) is 11.3 Å². The molecule has 4 heterocycles. The summed E-state index contributed by atoms with van der Waals surface area (Å²) < 4.78 is 1.33. The van der Waals surface area contributed by atoms with E-state index in [0.717, 1.165) is 18.8 Å². The molecule has 0 spiro atoms.